The average molecular weight is 376 g/mol. The van der Waals surface area contributed by atoms with Crippen molar-refractivity contribution in [3.63, 3.8) is 0 Å². The molecule has 0 aliphatic heterocycles. The summed E-state index contributed by atoms with van der Waals surface area (Å²) in [5.74, 6) is 0.835. The van der Waals surface area contributed by atoms with Crippen LogP contribution in [0.5, 0.6) is 0 Å². The van der Waals surface area contributed by atoms with Gasteiger partial charge in [-0.3, -0.25) is 4.57 Å². The van der Waals surface area contributed by atoms with Gasteiger partial charge in [0.15, 0.2) is 5.82 Å². The summed E-state index contributed by atoms with van der Waals surface area (Å²) in [6.45, 7) is 4.75. The molecule has 7 heteroatoms. The first kappa shape index (κ1) is 18.1. The molecule has 2 aromatic heterocycles. The van der Waals surface area contributed by atoms with Crippen molar-refractivity contribution in [2.24, 2.45) is 5.73 Å². The highest BCUT2D eigenvalue weighted by molar-refractivity contribution is 5.86. The van der Waals surface area contributed by atoms with Crippen LogP contribution < -0.4 is 11.1 Å². The van der Waals surface area contributed by atoms with Gasteiger partial charge in [-0.15, -0.1) is 10.2 Å². The van der Waals surface area contributed by atoms with E-state index in [4.69, 9.17) is 5.73 Å². The zero-order valence-electron chi connectivity index (χ0n) is 15.8. The highest BCUT2D eigenvalue weighted by Crippen LogP contribution is 2.26. The van der Waals surface area contributed by atoms with Crippen LogP contribution in [-0.4, -0.2) is 19.7 Å². The Morgan fingerprint density at radius 3 is 2.68 bits per heavy atom. The molecule has 0 atom stereocenters. The number of halogens is 1. The largest absolute Gasteiger partial charge is 0.364 e. The molecule has 0 aliphatic carbocycles. The normalized spacial score (nSPS) is 11.1. The van der Waals surface area contributed by atoms with Gasteiger partial charge in [-0.2, -0.15) is 4.98 Å². The SMILES string of the molecule is Cc1nnc(-n2c(C)cc3c(CN)cccc32)nc1NCc1cccc(F)c1. The molecule has 0 fully saturated rings. The van der Waals surface area contributed by atoms with Crippen LogP contribution in [0.3, 0.4) is 0 Å². The molecular weight excluding hydrogens is 355 g/mol. The molecule has 0 aliphatic rings. The van der Waals surface area contributed by atoms with Gasteiger partial charge in [0.05, 0.1) is 5.52 Å². The minimum absolute atomic E-state index is 0.261. The molecule has 2 aromatic carbocycles. The van der Waals surface area contributed by atoms with Crippen molar-refractivity contribution < 1.29 is 4.39 Å². The minimum atomic E-state index is -0.261. The van der Waals surface area contributed by atoms with E-state index >= 15 is 0 Å². The molecule has 0 radical (unpaired) electrons. The van der Waals surface area contributed by atoms with Gasteiger partial charge in [0.2, 0.25) is 0 Å². The zero-order chi connectivity index (χ0) is 19.7. The number of nitrogens with one attached hydrogen (secondary N) is 1. The van der Waals surface area contributed by atoms with Gasteiger partial charge in [0.1, 0.15) is 11.5 Å². The lowest BCUT2D eigenvalue weighted by molar-refractivity contribution is 0.626. The summed E-state index contributed by atoms with van der Waals surface area (Å²) >= 11 is 0. The number of aromatic nitrogens is 4. The van der Waals surface area contributed by atoms with Crippen molar-refractivity contribution in [1.82, 2.24) is 19.7 Å². The van der Waals surface area contributed by atoms with Gasteiger partial charge in [-0.1, -0.05) is 24.3 Å². The van der Waals surface area contributed by atoms with E-state index in [0.717, 1.165) is 27.7 Å². The van der Waals surface area contributed by atoms with Crippen LogP contribution in [0.1, 0.15) is 22.5 Å². The summed E-state index contributed by atoms with van der Waals surface area (Å²) in [5, 5.41) is 12.9. The van der Waals surface area contributed by atoms with E-state index in [1.807, 2.05) is 42.7 Å². The van der Waals surface area contributed by atoms with Crippen LogP contribution in [0, 0.1) is 19.7 Å². The Morgan fingerprint density at radius 1 is 1.07 bits per heavy atom. The molecule has 0 saturated heterocycles. The summed E-state index contributed by atoms with van der Waals surface area (Å²) < 4.78 is 15.4. The number of aryl methyl sites for hydroxylation is 2. The predicted octanol–water partition coefficient (Wildman–Crippen LogP) is 3.64. The lowest BCUT2D eigenvalue weighted by Crippen LogP contribution is -2.11. The number of anilines is 1. The van der Waals surface area contributed by atoms with Crippen molar-refractivity contribution in [2.45, 2.75) is 26.9 Å². The first-order valence-electron chi connectivity index (χ1n) is 9.07. The van der Waals surface area contributed by atoms with E-state index in [-0.39, 0.29) is 5.82 Å². The molecule has 28 heavy (non-hydrogen) atoms. The van der Waals surface area contributed by atoms with Gasteiger partial charge in [0, 0.05) is 24.2 Å². The summed E-state index contributed by atoms with van der Waals surface area (Å²) in [6.07, 6.45) is 0. The highest BCUT2D eigenvalue weighted by Gasteiger charge is 2.14. The van der Waals surface area contributed by atoms with Crippen molar-refractivity contribution >= 4 is 16.7 Å². The number of hydrogen-bond acceptors (Lipinski definition) is 5. The number of rotatable bonds is 5. The number of fused-ring (bicyclic) bond motifs is 1. The molecule has 0 spiro atoms. The molecular formula is C21H21FN6. The molecule has 6 nitrogen and oxygen atoms in total. The Kier molecular flexibility index (Phi) is 4.75. The van der Waals surface area contributed by atoms with E-state index in [2.05, 4.69) is 26.6 Å². The number of nitrogens with zero attached hydrogens (tertiary/aromatic N) is 4. The van der Waals surface area contributed by atoms with Crippen molar-refractivity contribution in [3.8, 4) is 5.95 Å². The molecule has 142 valence electrons. The van der Waals surface area contributed by atoms with Crippen LogP contribution in [0.2, 0.25) is 0 Å². The fraction of sp³-hybridized carbons (Fsp3) is 0.190. The monoisotopic (exact) mass is 376 g/mol. The lowest BCUT2D eigenvalue weighted by atomic mass is 10.1. The second-order valence-corrected chi connectivity index (χ2v) is 6.70. The zero-order valence-corrected chi connectivity index (χ0v) is 15.8. The third-order valence-corrected chi connectivity index (χ3v) is 4.73. The Balaban J connectivity index is 1.71. The third-order valence-electron chi connectivity index (χ3n) is 4.73. The second kappa shape index (κ2) is 7.36. The summed E-state index contributed by atoms with van der Waals surface area (Å²) in [5.41, 5.74) is 10.4. The first-order valence-corrected chi connectivity index (χ1v) is 9.07. The summed E-state index contributed by atoms with van der Waals surface area (Å²) in [7, 11) is 0. The lowest BCUT2D eigenvalue weighted by Gasteiger charge is -2.11. The van der Waals surface area contributed by atoms with Gasteiger partial charge in [-0.05, 0) is 49.2 Å². The van der Waals surface area contributed by atoms with Crippen LogP contribution in [-0.2, 0) is 13.1 Å². The number of hydrogen-bond donors (Lipinski definition) is 2. The van der Waals surface area contributed by atoms with E-state index in [1.54, 1.807) is 6.07 Å². The first-order chi connectivity index (χ1) is 13.6. The maximum absolute atomic E-state index is 13.4. The highest BCUT2D eigenvalue weighted by atomic mass is 19.1. The number of nitrogens with two attached hydrogens (primary N) is 1. The Labute approximate surface area is 162 Å². The molecule has 3 N–H and O–H groups in total. The molecule has 2 heterocycles. The van der Waals surface area contributed by atoms with Gasteiger partial charge >= 0.3 is 0 Å². The summed E-state index contributed by atoms with van der Waals surface area (Å²) in [4.78, 5) is 4.67. The van der Waals surface area contributed by atoms with Gasteiger partial charge < -0.3 is 11.1 Å². The Morgan fingerprint density at radius 2 is 1.89 bits per heavy atom. The van der Waals surface area contributed by atoms with E-state index < -0.39 is 0 Å². The topological polar surface area (TPSA) is 81.7 Å². The van der Waals surface area contributed by atoms with Crippen LogP contribution in [0.4, 0.5) is 10.2 Å². The molecule has 4 rings (SSSR count). The predicted molar refractivity (Wildman–Crippen MR) is 108 cm³/mol. The van der Waals surface area contributed by atoms with Crippen LogP contribution in [0.15, 0.2) is 48.5 Å². The van der Waals surface area contributed by atoms with E-state index in [1.165, 1.54) is 12.1 Å². The molecule has 0 bridgehead atoms. The van der Waals surface area contributed by atoms with Crippen LogP contribution in [0.25, 0.3) is 16.9 Å². The van der Waals surface area contributed by atoms with Crippen molar-refractivity contribution in [1.29, 1.82) is 0 Å². The summed E-state index contributed by atoms with van der Waals surface area (Å²) in [6, 6.07) is 14.6. The fourth-order valence-electron chi connectivity index (χ4n) is 3.33. The smallest absolute Gasteiger partial charge is 0.256 e. The molecule has 0 amide bonds. The van der Waals surface area contributed by atoms with Gasteiger partial charge in [0.25, 0.3) is 5.95 Å². The van der Waals surface area contributed by atoms with E-state index in [9.17, 15) is 4.39 Å². The number of benzene rings is 2. The average Bonchev–Trinajstić information content (AvgIpc) is 3.03. The Bertz CT molecular complexity index is 1150. The third kappa shape index (κ3) is 3.32. The second-order valence-electron chi connectivity index (χ2n) is 6.70. The molecule has 0 unspecified atom stereocenters. The van der Waals surface area contributed by atoms with Crippen molar-refractivity contribution in [3.05, 3.63) is 76.9 Å². The maximum atomic E-state index is 13.4. The van der Waals surface area contributed by atoms with E-state index in [0.29, 0.717) is 30.5 Å². The molecule has 0 saturated carbocycles. The van der Waals surface area contributed by atoms with Gasteiger partial charge in [-0.25, -0.2) is 4.39 Å². The fourth-order valence-corrected chi connectivity index (χ4v) is 3.33. The minimum Gasteiger partial charge on any atom is -0.364 e. The standard InChI is InChI=1S/C21H21FN6/c1-13-9-18-16(11-23)6-4-8-19(18)28(13)21-25-20(14(2)26-27-21)24-12-15-5-3-7-17(22)10-15/h3-10H,11-12,23H2,1-2H3,(H,24,25,27). The van der Waals surface area contributed by atoms with Crippen molar-refractivity contribution in [2.75, 3.05) is 5.32 Å². The molecule has 4 aromatic rings. The van der Waals surface area contributed by atoms with Crippen LogP contribution >= 0.6 is 0 Å². The Hall–Kier alpha value is -3.32. The quantitative estimate of drug-likeness (QED) is 0.556. The maximum Gasteiger partial charge on any atom is 0.256 e.